The molecule has 1 heterocycles. The van der Waals surface area contributed by atoms with Gasteiger partial charge in [0, 0.05) is 28.4 Å². The highest BCUT2D eigenvalue weighted by Crippen LogP contribution is 2.38. The Morgan fingerprint density at radius 1 is 1.15 bits per heavy atom. The van der Waals surface area contributed by atoms with Crippen molar-refractivity contribution in [3.05, 3.63) is 55.4 Å². The number of esters is 1. The summed E-state index contributed by atoms with van der Waals surface area (Å²) in [5.41, 5.74) is 0.398. The summed E-state index contributed by atoms with van der Waals surface area (Å²) in [7, 11) is 1.22. The number of carbonyl (C=O) groups excluding carboxylic acids is 1. The number of rotatable bonds is 2. The SMILES string of the molecule is COC(=O)c1cc(=O)[nH]cc1-c1c(Cl)cc(Cl)cc1Cl. The van der Waals surface area contributed by atoms with Gasteiger partial charge in [0.15, 0.2) is 0 Å². The van der Waals surface area contributed by atoms with E-state index in [0.29, 0.717) is 16.1 Å². The maximum absolute atomic E-state index is 11.8. The molecule has 0 fully saturated rings. The van der Waals surface area contributed by atoms with Crippen LogP contribution in [0.25, 0.3) is 11.1 Å². The zero-order valence-corrected chi connectivity index (χ0v) is 12.4. The third kappa shape index (κ3) is 2.82. The van der Waals surface area contributed by atoms with Crippen LogP contribution in [0.4, 0.5) is 0 Å². The third-order valence-corrected chi connectivity index (χ3v) is 3.42. The molecule has 20 heavy (non-hydrogen) atoms. The number of pyridine rings is 1. The fourth-order valence-corrected chi connectivity index (χ4v) is 2.78. The van der Waals surface area contributed by atoms with Crippen molar-refractivity contribution >= 4 is 40.8 Å². The molecule has 4 nitrogen and oxygen atoms in total. The molecule has 0 atom stereocenters. The molecule has 0 aliphatic rings. The van der Waals surface area contributed by atoms with Gasteiger partial charge < -0.3 is 9.72 Å². The molecule has 1 aromatic heterocycles. The first-order chi connectivity index (χ1) is 9.43. The molecular weight excluding hydrogens is 325 g/mol. The van der Waals surface area contributed by atoms with Crippen molar-refractivity contribution in [1.29, 1.82) is 0 Å². The largest absolute Gasteiger partial charge is 0.465 e. The number of aromatic nitrogens is 1. The molecule has 0 amide bonds. The van der Waals surface area contributed by atoms with Crippen LogP contribution in [0.1, 0.15) is 10.4 Å². The number of benzene rings is 1. The van der Waals surface area contributed by atoms with E-state index in [0.717, 1.165) is 6.07 Å². The van der Waals surface area contributed by atoms with Crippen LogP contribution in [0.2, 0.25) is 15.1 Å². The van der Waals surface area contributed by atoms with Crippen LogP contribution < -0.4 is 5.56 Å². The molecule has 7 heteroatoms. The van der Waals surface area contributed by atoms with Crippen LogP contribution in [0.5, 0.6) is 0 Å². The van der Waals surface area contributed by atoms with Crippen molar-refractivity contribution in [3.63, 3.8) is 0 Å². The Morgan fingerprint density at radius 3 is 2.30 bits per heavy atom. The molecule has 0 bridgehead atoms. The predicted molar refractivity (Wildman–Crippen MR) is 78.9 cm³/mol. The molecule has 1 N–H and O–H groups in total. The molecule has 2 rings (SSSR count). The zero-order valence-electron chi connectivity index (χ0n) is 10.2. The van der Waals surface area contributed by atoms with Crippen molar-refractivity contribution in [1.82, 2.24) is 4.98 Å². The van der Waals surface area contributed by atoms with E-state index < -0.39 is 11.5 Å². The van der Waals surface area contributed by atoms with Gasteiger partial charge in [-0.2, -0.15) is 0 Å². The maximum atomic E-state index is 11.8. The fourth-order valence-electron chi connectivity index (χ4n) is 1.76. The molecule has 1 aromatic carbocycles. The smallest absolute Gasteiger partial charge is 0.338 e. The van der Waals surface area contributed by atoms with E-state index in [-0.39, 0.29) is 15.6 Å². The summed E-state index contributed by atoms with van der Waals surface area (Å²) in [6.07, 6.45) is 1.36. The Kier molecular flexibility index (Phi) is 4.38. The van der Waals surface area contributed by atoms with Gasteiger partial charge in [-0.1, -0.05) is 34.8 Å². The lowest BCUT2D eigenvalue weighted by Gasteiger charge is -2.11. The van der Waals surface area contributed by atoms with Crippen molar-refractivity contribution in [2.24, 2.45) is 0 Å². The number of H-pyrrole nitrogens is 1. The maximum Gasteiger partial charge on any atom is 0.338 e. The lowest BCUT2D eigenvalue weighted by Crippen LogP contribution is -2.12. The highest BCUT2D eigenvalue weighted by atomic mass is 35.5. The van der Waals surface area contributed by atoms with E-state index in [1.807, 2.05) is 0 Å². The predicted octanol–water partition coefficient (Wildman–Crippen LogP) is 3.79. The number of methoxy groups -OCH3 is 1. The third-order valence-electron chi connectivity index (χ3n) is 2.61. The number of aromatic amines is 1. The minimum absolute atomic E-state index is 0.0716. The average Bonchev–Trinajstić information content (AvgIpc) is 2.38. The molecule has 0 aliphatic heterocycles. The Bertz CT molecular complexity index is 717. The molecule has 0 saturated heterocycles. The Hall–Kier alpha value is -1.49. The number of halogens is 3. The van der Waals surface area contributed by atoms with Gasteiger partial charge in [0.1, 0.15) is 0 Å². The van der Waals surface area contributed by atoms with E-state index in [4.69, 9.17) is 34.8 Å². The van der Waals surface area contributed by atoms with Crippen molar-refractivity contribution in [2.75, 3.05) is 7.11 Å². The molecule has 0 saturated carbocycles. The second-order valence-electron chi connectivity index (χ2n) is 3.86. The molecule has 0 radical (unpaired) electrons. The first kappa shape index (κ1) is 14.9. The molecular formula is C13H8Cl3NO3. The quantitative estimate of drug-likeness (QED) is 0.851. The Labute approximate surface area is 129 Å². The second-order valence-corrected chi connectivity index (χ2v) is 5.11. The zero-order chi connectivity index (χ0) is 14.9. The summed E-state index contributed by atoms with van der Waals surface area (Å²) in [5, 5.41) is 0.896. The summed E-state index contributed by atoms with van der Waals surface area (Å²) in [4.78, 5) is 25.6. The molecule has 0 unspecified atom stereocenters. The monoisotopic (exact) mass is 331 g/mol. The van der Waals surface area contributed by atoms with Gasteiger partial charge in [-0.25, -0.2) is 4.79 Å². The summed E-state index contributed by atoms with van der Waals surface area (Å²) < 4.78 is 4.65. The first-order valence-corrected chi connectivity index (χ1v) is 6.53. The van der Waals surface area contributed by atoms with E-state index in [1.54, 1.807) is 0 Å². The van der Waals surface area contributed by atoms with Crippen LogP contribution in [0.15, 0.2) is 29.2 Å². The number of nitrogens with one attached hydrogen (secondary N) is 1. The van der Waals surface area contributed by atoms with Crippen LogP contribution in [-0.4, -0.2) is 18.1 Å². The van der Waals surface area contributed by atoms with E-state index in [2.05, 4.69) is 9.72 Å². The number of hydrogen-bond acceptors (Lipinski definition) is 3. The summed E-state index contributed by atoms with van der Waals surface area (Å²) >= 11 is 18.1. The molecule has 0 aliphatic carbocycles. The standard InChI is InChI=1S/C13H8Cl3NO3/c1-20-13(19)7-4-11(18)17-5-8(7)12-9(15)2-6(14)3-10(12)16/h2-5H,1H3,(H,17,18). The normalized spacial score (nSPS) is 10.4. The highest BCUT2D eigenvalue weighted by Gasteiger charge is 2.19. The van der Waals surface area contributed by atoms with Crippen LogP contribution in [0, 0.1) is 0 Å². The molecule has 2 aromatic rings. The number of ether oxygens (including phenoxy) is 1. The van der Waals surface area contributed by atoms with E-state index >= 15 is 0 Å². The Morgan fingerprint density at radius 2 is 1.75 bits per heavy atom. The van der Waals surface area contributed by atoms with Crippen LogP contribution >= 0.6 is 34.8 Å². The number of hydrogen-bond donors (Lipinski definition) is 1. The summed E-state index contributed by atoms with van der Waals surface area (Å²) in [6.45, 7) is 0. The minimum atomic E-state index is -0.659. The van der Waals surface area contributed by atoms with Crippen molar-refractivity contribution in [3.8, 4) is 11.1 Å². The average molecular weight is 333 g/mol. The van der Waals surface area contributed by atoms with Gasteiger partial charge in [0.2, 0.25) is 5.56 Å². The van der Waals surface area contributed by atoms with Gasteiger partial charge in [-0.15, -0.1) is 0 Å². The number of carbonyl (C=O) groups is 1. The lowest BCUT2D eigenvalue weighted by molar-refractivity contribution is 0.0601. The van der Waals surface area contributed by atoms with E-state index in [1.165, 1.54) is 25.4 Å². The van der Waals surface area contributed by atoms with Gasteiger partial charge >= 0.3 is 5.97 Å². The summed E-state index contributed by atoms with van der Waals surface area (Å²) in [6, 6.07) is 4.12. The molecule has 0 spiro atoms. The topological polar surface area (TPSA) is 59.2 Å². The molecule has 104 valence electrons. The van der Waals surface area contributed by atoms with Gasteiger partial charge in [0.05, 0.1) is 22.7 Å². The fraction of sp³-hybridized carbons (Fsp3) is 0.0769. The van der Waals surface area contributed by atoms with Crippen LogP contribution in [-0.2, 0) is 4.74 Å². The van der Waals surface area contributed by atoms with Gasteiger partial charge in [-0.05, 0) is 12.1 Å². The first-order valence-electron chi connectivity index (χ1n) is 5.40. The van der Waals surface area contributed by atoms with Crippen LogP contribution in [0.3, 0.4) is 0 Å². The lowest BCUT2D eigenvalue weighted by atomic mass is 10.0. The highest BCUT2D eigenvalue weighted by molar-refractivity contribution is 6.42. The van der Waals surface area contributed by atoms with E-state index in [9.17, 15) is 9.59 Å². The van der Waals surface area contributed by atoms with Gasteiger partial charge in [0.25, 0.3) is 0 Å². The Balaban J connectivity index is 2.77. The van der Waals surface area contributed by atoms with Crippen molar-refractivity contribution < 1.29 is 9.53 Å². The second kappa shape index (κ2) is 5.87. The van der Waals surface area contributed by atoms with Gasteiger partial charge in [-0.3, -0.25) is 4.79 Å². The summed E-state index contributed by atoms with van der Waals surface area (Å²) in [5.74, 6) is -0.659. The minimum Gasteiger partial charge on any atom is -0.465 e. The van der Waals surface area contributed by atoms with Crippen molar-refractivity contribution in [2.45, 2.75) is 0 Å².